The molecule has 2 heterocycles. The number of amides is 1. The van der Waals surface area contributed by atoms with Gasteiger partial charge in [-0.1, -0.05) is 31.4 Å². The summed E-state index contributed by atoms with van der Waals surface area (Å²) < 4.78 is 32.8. The molecule has 4 rings (SSSR count). The summed E-state index contributed by atoms with van der Waals surface area (Å²) in [7, 11) is -3.69. The number of nitrogens with zero attached hydrogens (tertiary/aromatic N) is 1. The standard InChI is InChI=1S/C24H29ClN2O5S2/c1-16-6-9-21-17(12-16)13-22(33-21)24(29)32-15-23(28)26-20-14-18(7-8-19(20)25)34(30,31)27-10-4-2-3-5-11-27/h7-8,13-14,16H,2-6,9-12,15H2,1H3,(H,26,28)/t16-/m0/s1. The maximum absolute atomic E-state index is 13.1. The molecule has 184 valence electrons. The van der Waals surface area contributed by atoms with E-state index in [1.54, 1.807) is 0 Å². The van der Waals surface area contributed by atoms with Crippen LogP contribution in [0.3, 0.4) is 0 Å². The van der Waals surface area contributed by atoms with Gasteiger partial charge < -0.3 is 10.1 Å². The van der Waals surface area contributed by atoms with Gasteiger partial charge in [0.1, 0.15) is 4.88 Å². The van der Waals surface area contributed by atoms with Gasteiger partial charge in [-0.25, -0.2) is 13.2 Å². The minimum Gasteiger partial charge on any atom is -0.451 e. The van der Waals surface area contributed by atoms with Gasteiger partial charge in [0.05, 0.1) is 15.6 Å². The number of halogens is 1. The summed E-state index contributed by atoms with van der Waals surface area (Å²) in [5.74, 6) is -0.527. The van der Waals surface area contributed by atoms with Crippen molar-refractivity contribution in [3.8, 4) is 0 Å². The number of nitrogens with one attached hydrogen (secondary N) is 1. The third-order valence-electron chi connectivity index (χ3n) is 6.28. The number of carbonyl (C=O) groups excluding carboxylic acids is 2. The second-order valence-corrected chi connectivity index (χ2v) is 12.5. The van der Waals surface area contributed by atoms with Crippen molar-refractivity contribution in [1.29, 1.82) is 0 Å². The van der Waals surface area contributed by atoms with Gasteiger partial charge in [0.25, 0.3) is 5.91 Å². The van der Waals surface area contributed by atoms with Crippen LogP contribution in [0.15, 0.2) is 29.2 Å². The lowest BCUT2D eigenvalue weighted by molar-refractivity contribution is -0.119. The zero-order valence-electron chi connectivity index (χ0n) is 19.1. The number of carbonyl (C=O) groups is 2. The SMILES string of the molecule is C[C@H]1CCc2sc(C(=O)OCC(=O)Nc3cc(S(=O)(=O)N4CCCCCC4)ccc3Cl)cc2C1. The van der Waals surface area contributed by atoms with E-state index >= 15 is 0 Å². The van der Waals surface area contributed by atoms with E-state index in [-0.39, 0.29) is 15.6 Å². The molecule has 1 amide bonds. The summed E-state index contributed by atoms with van der Waals surface area (Å²) in [6.07, 6.45) is 6.71. The van der Waals surface area contributed by atoms with Crippen molar-refractivity contribution in [3.05, 3.63) is 44.6 Å². The molecule has 1 N–H and O–H groups in total. The fourth-order valence-electron chi connectivity index (χ4n) is 4.39. The number of anilines is 1. The summed E-state index contributed by atoms with van der Waals surface area (Å²) in [4.78, 5) is 26.7. The van der Waals surface area contributed by atoms with Gasteiger partial charge in [-0.05, 0) is 67.9 Å². The van der Waals surface area contributed by atoms with Crippen LogP contribution in [-0.2, 0) is 32.4 Å². The van der Waals surface area contributed by atoms with Gasteiger partial charge in [0.15, 0.2) is 6.61 Å². The van der Waals surface area contributed by atoms with E-state index in [9.17, 15) is 18.0 Å². The Morgan fingerprint density at radius 1 is 1.18 bits per heavy atom. The predicted molar refractivity (Wildman–Crippen MR) is 133 cm³/mol. The van der Waals surface area contributed by atoms with Crippen molar-refractivity contribution in [2.24, 2.45) is 5.92 Å². The van der Waals surface area contributed by atoms with Gasteiger partial charge >= 0.3 is 5.97 Å². The Hall–Kier alpha value is -1.94. The minimum atomic E-state index is -3.69. The van der Waals surface area contributed by atoms with E-state index in [0.29, 0.717) is 23.9 Å². The van der Waals surface area contributed by atoms with Crippen molar-refractivity contribution in [1.82, 2.24) is 4.31 Å². The molecule has 1 aliphatic carbocycles. The Morgan fingerprint density at radius 3 is 2.65 bits per heavy atom. The first-order chi connectivity index (χ1) is 16.2. The zero-order chi connectivity index (χ0) is 24.3. The van der Waals surface area contributed by atoms with Crippen molar-refractivity contribution in [2.45, 2.75) is 56.8 Å². The van der Waals surface area contributed by atoms with E-state index in [1.807, 2.05) is 6.07 Å². The van der Waals surface area contributed by atoms with Crippen LogP contribution >= 0.6 is 22.9 Å². The Balaban J connectivity index is 1.39. The first-order valence-electron chi connectivity index (χ1n) is 11.6. The number of hydrogen-bond acceptors (Lipinski definition) is 6. The average Bonchev–Trinajstić information content (AvgIpc) is 3.02. The molecule has 10 heteroatoms. The molecular weight excluding hydrogens is 496 g/mol. The lowest BCUT2D eigenvalue weighted by Gasteiger charge is -2.20. The van der Waals surface area contributed by atoms with Crippen molar-refractivity contribution >= 4 is 50.5 Å². The van der Waals surface area contributed by atoms with Crippen LogP contribution in [0.4, 0.5) is 5.69 Å². The Kier molecular flexibility index (Phi) is 7.97. The first kappa shape index (κ1) is 25.2. The molecule has 1 aliphatic heterocycles. The normalized spacial score (nSPS) is 19.2. The molecule has 1 aromatic carbocycles. The molecule has 0 bridgehead atoms. The molecule has 7 nitrogen and oxygen atoms in total. The number of sulfonamides is 1. The van der Waals surface area contributed by atoms with Crippen molar-refractivity contribution in [2.75, 3.05) is 25.0 Å². The van der Waals surface area contributed by atoms with Crippen LogP contribution in [0.25, 0.3) is 0 Å². The van der Waals surface area contributed by atoms with Crippen LogP contribution in [-0.4, -0.2) is 44.3 Å². The van der Waals surface area contributed by atoms with Crippen LogP contribution in [0.5, 0.6) is 0 Å². The zero-order valence-corrected chi connectivity index (χ0v) is 21.5. The molecule has 34 heavy (non-hydrogen) atoms. The van der Waals surface area contributed by atoms with Gasteiger partial charge in [0, 0.05) is 18.0 Å². The molecule has 1 atom stereocenters. The van der Waals surface area contributed by atoms with E-state index < -0.39 is 28.5 Å². The lowest BCUT2D eigenvalue weighted by Crippen LogP contribution is -2.32. The van der Waals surface area contributed by atoms with E-state index in [0.717, 1.165) is 44.9 Å². The van der Waals surface area contributed by atoms with E-state index in [4.69, 9.17) is 16.3 Å². The molecule has 1 saturated heterocycles. The largest absolute Gasteiger partial charge is 0.451 e. The molecule has 2 aliphatic rings. The number of fused-ring (bicyclic) bond motifs is 1. The molecule has 0 unspecified atom stereocenters. The second-order valence-electron chi connectivity index (χ2n) is 8.99. The predicted octanol–water partition coefficient (Wildman–Crippen LogP) is 4.89. The number of aryl methyl sites for hydroxylation is 1. The quantitative estimate of drug-likeness (QED) is 0.543. The maximum atomic E-state index is 13.1. The minimum absolute atomic E-state index is 0.0736. The van der Waals surface area contributed by atoms with Gasteiger partial charge in [0.2, 0.25) is 10.0 Å². The fourth-order valence-corrected chi connectivity index (χ4v) is 7.20. The highest BCUT2D eigenvalue weighted by Gasteiger charge is 2.26. The Labute approximate surface area is 209 Å². The molecule has 2 aromatic rings. The lowest BCUT2D eigenvalue weighted by atomic mass is 9.90. The Bertz CT molecular complexity index is 1170. The smallest absolute Gasteiger partial charge is 0.348 e. The number of thiophene rings is 1. The molecule has 0 spiro atoms. The van der Waals surface area contributed by atoms with E-state index in [2.05, 4.69) is 12.2 Å². The fraction of sp³-hybridized carbons (Fsp3) is 0.500. The summed E-state index contributed by atoms with van der Waals surface area (Å²) in [6, 6.07) is 6.11. The number of rotatable bonds is 6. The number of ether oxygens (including phenoxy) is 1. The summed E-state index contributed by atoms with van der Waals surface area (Å²) in [5, 5.41) is 2.78. The maximum Gasteiger partial charge on any atom is 0.348 e. The highest BCUT2D eigenvalue weighted by Crippen LogP contribution is 2.32. The van der Waals surface area contributed by atoms with Gasteiger partial charge in [-0.15, -0.1) is 11.3 Å². The van der Waals surface area contributed by atoms with E-state index in [1.165, 1.54) is 44.3 Å². The number of esters is 1. The highest BCUT2D eigenvalue weighted by molar-refractivity contribution is 7.89. The highest BCUT2D eigenvalue weighted by atomic mass is 35.5. The molecule has 1 aromatic heterocycles. The molecule has 0 saturated carbocycles. The van der Waals surface area contributed by atoms with Crippen LogP contribution in [0.2, 0.25) is 5.02 Å². The van der Waals surface area contributed by atoms with Gasteiger partial charge in [-0.2, -0.15) is 4.31 Å². The topological polar surface area (TPSA) is 92.8 Å². The van der Waals surface area contributed by atoms with Crippen LogP contribution in [0.1, 0.15) is 59.1 Å². The average molecular weight is 525 g/mol. The monoisotopic (exact) mass is 524 g/mol. The summed E-state index contributed by atoms with van der Waals surface area (Å²) in [5.41, 5.74) is 1.36. The molecule has 1 fully saturated rings. The third kappa shape index (κ3) is 5.82. The first-order valence-corrected chi connectivity index (χ1v) is 14.3. The Morgan fingerprint density at radius 2 is 1.91 bits per heavy atom. The summed E-state index contributed by atoms with van der Waals surface area (Å²) >= 11 is 7.63. The van der Waals surface area contributed by atoms with Crippen molar-refractivity contribution in [3.63, 3.8) is 0 Å². The van der Waals surface area contributed by atoms with Gasteiger partial charge in [-0.3, -0.25) is 4.79 Å². The third-order valence-corrected chi connectivity index (χ3v) is 9.72. The molecule has 0 radical (unpaired) electrons. The molecular formula is C24H29ClN2O5S2. The summed E-state index contributed by atoms with van der Waals surface area (Å²) in [6.45, 7) is 2.67. The van der Waals surface area contributed by atoms with Crippen LogP contribution in [0, 0.1) is 5.92 Å². The van der Waals surface area contributed by atoms with Crippen molar-refractivity contribution < 1.29 is 22.7 Å². The second kappa shape index (κ2) is 10.8. The number of benzene rings is 1. The van der Waals surface area contributed by atoms with Crippen LogP contribution < -0.4 is 5.32 Å². The number of hydrogen-bond donors (Lipinski definition) is 1.